The Morgan fingerprint density at radius 1 is 1.18 bits per heavy atom. The summed E-state index contributed by atoms with van der Waals surface area (Å²) in [5.41, 5.74) is 1.09. The van der Waals surface area contributed by atoms with E-state index in [0.29, 0.717) is 5.92 Å². The van der Waals surface area contributed by atoms with Crippen LogP contribution in [0.4, 0.5) is 0 Å². The van der Waals surface area contributed by atoms with Gasteiger partial charge in [-0.05, 0) is 50.8 Å². The molecule has 0 aliphatic carbocycles. The summed E-state index contributed by atoms with van der Waals surface area (Å²) in [6.45, 7) is 10.5. The summed E-state index contributed by atoms with van der Waals surface area (Å²) in [6, 6.07) is 6.21. The quantitative estimate of drug-likeness (QED) is 0.772. The van der Waals surface area contributed by atoms with Crippen molar-refractivity contribution in [3.05, 3.63) is 23.8 Å². The van der Waals surface area contributed by atoms with Crippen LogP contribution in [0.3, 0.4) is 0 Å². The molecule has 1 aromatic rings. The van der Waals surface area contributed by atoms with Crippen molar-refractivity contribution in [1.29, 1.82) is 0 Å². The van der Waals surface area contributed by atoms with Crippen molar-refractivity contribution in [2.75, 3.05) is 7.11 Å². The number of hydrogen-bond acceptors (Lipinski definition) is 2. The summed E-state index contributed by atoms with van der Waals surface area (Å²) in [7, 11) is 1.69. The fourth-order valence-electron chi connectivity index (χ4n) is 1.64. The van der Waals surface area contributed by atoms with Gasteiger partial charge in [0.15, 0.2) is 11.5 Å². The minimum Gasteiger partial charge on any atom is -0.493 e. The number of methoxy groups -OCH3 is 1. The van der Waals surface area contributed by atoms with Crippen molar-refractivity contribution in [3.63, 3.8) is 0 Å². The molecule has 0 heterocycles. The van der Waals surface area contributed by atoms with Gasteiger partial charge < -0.3 is 9.47 Å². The summed E-state index contributed by atoms with van der Waals surface area (Å²) in [5.74, 6) is 2.18. The van der Waals surface area contributed by atoms with Crippen LogP contribution in [0.2, 0.25) is 0 Å². The highest BCUT2D eigenvalue weighted by molar-refractivity contribution is 5.44. The highest BCUT2D eigenvalue weighted by Gasteiger charge is 2.16. The molecule has 0 amide bonds. The molecule has 0 aliphatic heterocycles. The molecule has 0 aromatic heterocycles. The molecule has 1 aromatic carbocycles. The highest BCUT2D eigenvalue weighted by atomic mass is 16.5. The molecule has 0 fully saturated rings. The van der Waals surface area contributed by atoms with E-state index >= 15 is 0 Å². The van der Waals surface area contributed by atoms with Gasteiger partial charge >= 0.3 is 0 Å². The van der Waals surface area contributed by atoms with Crippen LogP contribution in [0, 0.1) is 0 Å². The third-order valence-corrected chi connectivity index (χ3v) is 2.79. The lowest BCUT2D eigenvalue weighted by Gasteiger charge is -2.23. The number of rotatable bonds is 4. The standard InChI is InChI=1S/C15H24O2/c1-7-11(2)12-8-9-13(14(10-12)16-6)17-15(3,4)5/h8-11H,7H2,1-6H3. The fraction of sp³-hybridized carbons (Fsp3) is 0.600. The van der Waals surface area contributed by atoms with Gasteiger partial charge in [-0.15, -0.1) is 0 Å². The summed E-state index contributed by atoms with van der Waals surface area (Å²) in [6.07, 6.45) is 1.13. The van der Waals surface area contributed by atoms with E-state index in [-0.39, 0.29) is 5.60 Å². The van der Waals surface area contributed by atoms with E-state index in [0.717, 1.165) is 17.9 Å². The van der Waals surface area contributed by atoms with Crippen LogP contribution in [0.5, 0.6) is 11.5 Å². The minimum atomic E-state index is -0.203. The first-order valence-corrected chi connectivity index (χ1v) is 6.24. The lowest BCUT2D eigenvalue weighted by atomic mass is 9.98. The van der Waals surface area contributed by atoms with Gasteiger partial charge in [0.25, 0.3) is 0 Å². The first kappa shape index (κ1) is 13.9. The Balaban J connectivity index is 3.01. The van der Waals surface area contributed by atoms with E-state index in [2.05, 4.69) is 26.0 Å². The van der Waals surface area contributed by atoms with Crippen molar-refractivity contribution >= 4 is 0 Å². The van der Waals surface area contributed by atoms with Gasteiger partial charge in [0, 0.05) is 0 Å². The van der Waals surface area contributed by atoms with Crippen LogP contribution in [-0.4, -0.2) is 12.7 Å². The van der Waals surface area contributed by atoms with Crippen molar-refractivity contribution in [3.8, 4) is 11.5 Å². The lowest BCUT2D eigenvalue weighted by Crippen LogP contribution is -2.23. The van der Waals surface area contributed by atoms with E-state index in [9.17, 15) is 0 Å². The number of ether oxygens (including phenoxy) is 2. The monoisotopic (exact) mass is 236 g/mol. The minimum absolute atomic E-state index is 0.203. The average molecular weight is 236 g/mol. The van der Waals surface area contributed by atoms with Crippen LogP contribution in [0.25, 0.3) is 0 Å². The largest absolute Gasteiger partial charge is 0.493 e. The number of hydrogen-bond donors (Lipinski definition) is 0. The average Bonchev–Trinajstić information content (AvgIpc) is 2.26. The maximum absolute atomic E-state index is 5.87. The van der Waals surface area contributed by atoms with Gasteiger partial charge in [-0.1, -0.05) is 19.9 Å². The second kappa shape index (κ2) is 5.44. The van der Waals surface area contributed by atoms with Crippen LogP contribution in [0.1, 0.15) is 52.5 Å². The number of benzene rings is 1. The molecule has 96 valence electrons. The van der Waals surface area contributed by atoms with E-state index in [1.165, 1.54) is 5.56 Å². The Morgan fingerprint density at radius 3 is 2.29 bits per heavy atom. The molecule has 17 heavy (non-hydrogen) atoms. The maximum atomic E-state index is 5.87. The van der Waals surface area contributed by atoms with Gasteiger partial charge in [-0.3, -0.25) is 0 Å². The van der Waals surface area contributed by atoms with Gasteiger partial charge in [0.1, 0.15) is 5.60 Å². The third kappa shape index (κ3) is 3.95. The fourth-order valence-corrected chi connectivity index (χ4v) is 1.64. The SMILES string of the molecule is CCC(C)c1ccc(OC(C)(C)C)c(OC)c1. The molecule has 2 heteroatoms. The molecule has 1 unspecified atom stereocenters. The normalized spacial score (nSPS) is 13.3. The first-order valence-electron chi connectivity index (χ1n) is 6.24. The zero-order chi connectivity index (χ0) is 13.1. The van der Waals surface area contributed by atoms with Crippen molar-refractivity contribution < 1.29 is 9.47 Å². The van der Waals surface area contributed by atoms with Crippen molar-refractivity contribution in [1.82, 2.24) is 0 Å². The molecular formula is C15H24O2. The Hall–Kier alpha value is -1.18. The zero-order valence-electron chi connectivity index (χ0n) is 11.8. The molecule has 0 saturated heterocycles. The second-order valence-corrected chi connectivity index (χ2v) is 5.43. The molecule has 0 spiro atoms. The van der Waals surface area contributed by atoms with Gasteiger partial charge in [0.2, 0.25) is 0 Å². The van der Waals surface area contributed by atoms with Crippen LogP contribution in [-0.2, 0) is 0 Å². The molecule has 0 N–H and O–H groups in total. The van der Waals surface area contributed by atoms with E-state index < -0.39 is 0 Å². The summed E-state index contributed by atoms with van der Waals surface area (Å²) < 4.78 is 11.3. The van der Waals surface area contributed by atoms with Crippen molar-refractivity contribution in [2.45, 2.75) is 52.6 Å². The third-order valence-electron chi connectivity index (χ3n) is 2.79. The van der Waals surface area contributed by atoms with Crippen molar-refractivity contribution in [2.24, 2.45) is 0 Å². The van der Waals surface area contributed by atoms with E-state index in [1.807, 2.05) is 26.8 Å². The molecule has 1 rings (SSSR count). The molecule has 0 saturated carbocycles. The Kier molecular flexibility index (Phi) is 4.44. The second-order valence-electron chi connectivity index (χ2n) is 5.43. The predicted molar refractivity (Wildman–Crippen MR) is 72.1 cm³/mol. The maximum Gasteiger partial charge on any atom is 0.161 e. The molecule has 1 atom stereocenters. The van der Waals surface area contributed by atoms with E-state index in [4.69, 9.17) is 9.47 Å². The lowest BCUT2D eigenvalue weighted by molar-refractivity contribution is 0.125. The summed E-state index contributed by atoms with van der Waals surface area (Å²) >= 11 is 0. The zero-order valence-corrected chi connectivity index (χ0v) is 11.8. The van der Waals surface area contributed by atoms with Crippen LogP contribution in [0.15, 0.2) is 18.2 Å². The molecule has 2 nitrogen and oxygen atoms in total. The van der Waals surface area contributed by atoms with Gasteiger partial charge in [-0.25, -0.2) is 0 Å². The topological polar surface area (TPSA) is 18.5 Å². The molecular weight excluding hydrogens is 212 g/mol. The van der Waals surface area contributed by atoms with Crippen LogP contribution >= 0.6 is 0 Å². The summed E-state index contributed by atoms with van der Waals surface area (Å²) in [4.78, 5) is 0. The predicted octanol–water partition coefficient (Wildman–Crippen LogP) is 4.39. The van der Waals surface area contributed by atoms with Crippen LogP contribution < -0.4 is 9.47 Å². The Labute approximate surface area is 105 Å². The van der Waals surface area contributed by atoms with Gasteiger partial charge in [-0.2, -0.15) is 0 Å². The Bertz CT molecular complexity index is 364. The highest BCUT2D eigenvalue weighted by Crippen LogP contribution is 2.33. The summed E-state index contributed by atoms with van der Waals surface area (Å²) in [5, 5.41) is 0. The van der Waals surface area contributed by atoms with Gasteiger partial charge in [0.05, 0.1) is 7.11 Å². The smallest absolute Gasteiger partial charge is 0.161 e. The van der Waals surface area contributed by atoms with E-state index in [1.54, 1.807) is 7.11 Å². The molecule has 0 radical (unpaired) electrons. The molecule has 0 bridgehead atoms. The first-order chi connectivity index (χ1) is 7.87. The molecule has 0 aliphatic rings. The Morgan fingerprint density at radius 2 is 1.82 bits per heavy atom.